The van der Waals surface area contributed by atoms with Gasteiger partial charge in [0, 0.05) is 24.7 Å². The fourth-order valence-electron chi connectivity index (χ4n) is 2.63. The van der Waals surface area contributed by atoms with Crippen LogP contribution in [-0.4, -0.2) is 35.0 Å². The van der Waals surface area contributed by atoms with Crippen molar-refractivity contribution in [2.24, 2.45) is 0 Å². The first kappa shape index (κ1) is 11.8. The minimum atomic E-state index is -0.409. The summed E-state index contributed by atoms with van der Waals surface area (Å²) in [5.41, 5.74) is 1.30. The van der Waals surface area contributed by atoms with Gasteiger partial charge < -0.3 is 20.1 Å². The number of nitrogens with one attached hydrogen (secondary N) is 1. The smallest absolute Gasteiger partial charge is 0.247 e. The Bertz CT molecular complexity index is 570. The van der Waals surface area contributed by atoms with Crippen LogP contribution >= 0.6 is 0 Å². The van der Waals surface area contributed by atoms with Gasteiger partial charge in [0.2, 0.25) is 11.8 Å². The van der Waals surface area contributed by atoms with Gasteiger partial charge in [-0.1, -0.05) is 0 Å². The average Bonchev–Trinajstić information content (AvgIpc) is 2.67. The standard InChI is InChI=1S/C13H14N2O4/c1-19-11-5-8-7(4-10(11)16)6-15-9(13(18)14-8)2-3-12(15)17/h4-5,9,16H,2-3,6H2,1H3,(H,14,18)/t9-/m0/s1. The van der Waals surface area contributed by atoms with Crippen LogP contribution in [0.2, 0.25) is 0 Å². The first-order valence-electron chi connectivity index (χ1n) is 6.10. The largest absolute Gasteiger partial charge is 0.504 e. The number of carbonyl (C=O) groups excluding carboxylic acids is 2. The Morgan fingerprint density at radius 3 is 2.95 bits per heavy atom. The number of benzene rings is 1. The third kappa shape index (κ3) is 1.80. The molecule has 0 saturated carbocycles. The molecule has 1 fully saturated rings. The summed E-state index contributed by atoms with van der Waals surface area (Å²) in [6.45, 7) is 0.328. The molecule has 2 aliphatic heterocycles. The van der Waals surface area contributed by atoms with Crippen molar-refractivity contribution in [3.05, 3.63) is 17.7 Å². The predicted octanol–water partition coefficient (Wildman–Crippen LogP) is 0.844. The maximum absolute atomic E-state index is 12.1. The molecule has 0 unspecified atom stereocenters. The third-order valence-corrected chi connectivity index (χ3v) is 3.63. The van der Waals surface area contributed by atoms with Gasteiger partial charge in [0.1, 0.15) is 6.04 Å². The molecular weight excluding hydrogens is 248 g/mol. The van der Waals surface area contributed by atoms with Gasteiger partial charge in [-0.3, -0.25) is 9.59 Å². The van der Waals surface area contributed by atoms with Crippen molar-refractivity contribution in [1.29, 1.82) is 0 Å². The van der Waals surface area contributed by atoms with Crippen molar-refractivity contribution in [2.45, 2.75) is 25.4 Å². The Morgan fingerprint density at radius 2 is 2.21 bits per heavy atom. The van der Waals surface area contributed by atoms with Crippen LogP contribution in [0.1, 0.15) is 18.4 Å². The van der Waals surface area contributed by atoms with Crippen LogP contribution in [0.3, 0.4) is 0 Å². The molecule has 0 spiro atoms. The molecule has 6 heteroatoms. The fraction of sp³-hybridized carbons (Fsp3) is 0.385. The molecule has 1 atom stereocenters. The second-order valence-corrected chi connectivity index (χ2v) is 4.75. The number of nitrogens with zero attached hydrogens (tertiary/aromatic N) is 1. The molecule has 1 aromatic carbocycles. The molecule has 0 radical (unpaired) electrons. The van der Waals surface area contributed by atoms with Gasteiger partial charge in [-0.05, 0) is 18.1 Å². The number of hydrogen-bond acceptors (Lipinski definition) is 4. The number of hydrogen-bond donors (Lipinski definition) is 2. The maximum atomic E-state index is 12.1. The summed E-state index contributed by atoms with van der Waals surface area (Å²) < 4.78 is 5.02. The number of carbonyl (C=O) groups is 2. The summed E-state index contributed by atoms with van der Waals surface area (Å²) in [6.07, 6.45) is 0.942. The number of anilines is 1. The van der Waals surface area contributed by atoms with Gasteiger partial charge >= 0.3 is 0 Å². The summed E-state index contributed by atoms with van der Waals surface area (Å²) >= 11 is 0. The highest BCUT2D eigenvalue weighted by molar-refractivity contribution is 6.00. The fourth-order valence-corrected chi connectivity index (χ4v) is 2.63. The minimum absolute atomic E-state index is 0.000551. The highest BCUT2D eigenvalue weighted by Crippen LogP contribution is 2.36. The molecule has 1 aromatic rings. The van der Waals surface area contributed by atoms with E-state index in [1.807, 2.05) is 0 Å². The van der Waals surface area contributed by atoms with Crippen LogP contribution in [0.5, 0.6) is 11.5 Å². The summed E-state index contributed by atoms with van der Waals surface area (Å²) in [7, 11) is 1.45. The number of rotatable bonds is 1. The molecule has 0 aliphatic carbocycles. The Balaban J connectivity index is 2.05. The van der Waals surface area contributed by atoms with E-state index >= 15 is 0 Å². The molecule has 1 saturated heterocycles. The van der Waals surface area contributed by atoms with Gasteiger partial charge in [-0.2, -0.15) is 0 Å². The van der Waals surface area contributed by atoms with Gasteiger partial charge in [-0.15, -0.1) is 0 Å². The lowest BCUT2D eigenvalue weighted by Gasteiger charge is -2.20. The lowest BCUT2D eigenvalue weighted by atomic mass is 10.1. The van der Waals surface area contributed by atoms with E-state index in [2.05, 4.69) is 5.32 Å². The molecule has 0 bridgehead atoms. The zero-order valence-corrected chi connectivity index (χ0v) is 10.5. The third-order valence-electron chi connectivity index (χ3n) is 3.63. The van der Waals surface area contributed by atoms with Crippen LogP contribution in [0, 0.1) is 0 Å². The van der Waals surface area contributed by atoms with Gasteiger partial charge in [0.15, 0.2) is 11.5 Å². The summed E-state index contributed by atoms with van der Waals surface area (Å²) in [6, 6.07) is 2.70. The minimum Gasteiger partial charge on any atom is -0.504 e. The van der Waals surface area contributed by atoms with Crippen molar-refractivity contribution in [2.75, 3.05) is 12.4 Å². The molecule has 2 heterocycles. The lowest BCUT2D eigenvalue weighted by Crippen LogP contribution is -2.38. The van der Waals surface area contributed by atoms with Crippen LogP contribution in [-0.2, 0) is 16.1 Å². The van der Waals surface area contributed by atoms with Crippen molar-refractivity contribution in [3.63, 3.8) is 0 Å². The molecule has 2 N–H and O–H groups in total. The number of phenols is 1. The van der Waals surface area contributed by atoms with E-state index in [9.17, 15) is 14.7 Å². The number of ether oxygens (including phenoxy) is 1. The monoisotopic (exact) mass is 262 g/mol. The molecule has 100 valence electrons. The van der Waals surface area contributed by atoms with E-state index in [-0.39, 0.29) is 17.6 Å². The van der Waals surface area contributed by atoms with Crippen molar-refractivity contribution < 1.29 is 19.4 Å². The summed E-state index contributed by atoms with van der Waals surface area (Å²) in [5.74, 6) is 0.0914. The zero-order chi connectivity index (χ0) is 13.6. The number of fused-ring (bicyclic) bond motifs is 2. The summed E-state index contributed by atoms with van der Waals surface area (Å²) in [5, 5.41) is 12.6. The van der Waals surface area contributed by atoms with Crippen molar-refractivity contribution >= 4 is 17.5 Å². The second-order valence-electron chi connectivity index (χ2n) is 4.75. The van der Waals surface area contributed by atoms with E-state index in [1.54, 1.807) is 11.0 Å². The number of aromatic hydroxyl groups is 1. The van der Waals surface area contributed by atoms with Gasteiger partial charge in [0.05, 0.1) is 7.11 Å². The SMILES string of the molecule is COc1cc2c(cc1O)CN1C(=O)CC[C@H]1C(=O)N2. The predicted molar refractivity (Wildman–Crippen MR) is 66.9 cm³/mol. The quantitative estimate of drug-likeness (QED) is 0.735. The number of phenolic OH excluding ortho intramolecular Hbond substituents is 1. The van der Waals surface area contributed by atoms with Crippen LogP contribution in [0.15, 0.2) is 12.1 Å². The van der Waals surface area contributed by atoms with Crippen LogP contribution < -0.4 is 10.1 Å². The Labute approximate surface area is 110 Å². The number of amides is 2. The zero-order valence-electron chi connectivity index (χ0n) is 10.5. The first-order valence-corrected chi connectivity index (χ1v) is 6.10. The maximum Gasteiger partial charge on any atom is 0.247 e. The Kier molecular flexibility index (Phi) is 2.58. The normalized spacial score (nSPS) is 21.5. The van der Waals surface area contributed by atoms with E-state index in [4.69, 9.17) is 4.74 Å². The highest BCUT2D eigenvalue weighted by atomic mass is 16.5. The van der Waals surface area contributed by atoms with E-state index in [1.165, 1.54) is 13.2 Å². The summed E-state index contributed by atoms with van der Waals surface area (Å²) in [4.78, 5) is 25.4. The van der Waals surface area contributed by atoms with Crippen LogP contribution in [0.4, 0.5) is 5.69 Å². The molecule has 0 aromatic heterocycles. The molecule has 2 amide bonds. The molecule has 2 aliphatic rings. The lowest BCUT2D eigenvalue weighted by molar-refractivity contribution is -0.133. The molecule has 19 heavy (non-hydrogen) atoms. The first-order chi connectivity index (χ1) is 9.10. The van der Waals surface area contributed by atoms with Crippen LogP contribution in [0.25, 0.3) is 0 Å². The Morgan fingerprint density at radius 1 is 1.42 bits per heavy atom. The van der Waals surface area contributed by atoms with E-state index < -0.39 is 6.04 Å². The van der Waals surface area contributed by atoms with Gasteiger partial charge in [-0.25, -0.2) is 0 Å². The highest BCUT2D eigenvalue weighted by Gasteiger charge is 2.38. The van der Waals surface area contributed by atoms with E-state index in [0.717, 1.165) is 0 Å². The average molecular weight is 262 g/mol. The molecule has 3 rings (SSSR count). The van der Waals surface area contributed by atoms with E-state index in [0.29, 0.717) is 36.4 Å². The number of methoxy groups -OCH3 is 1. The van der Waals surface area contributed by atoms with Crippen molar-refractivity contribution in [3.8, 4) is 11.5 Å². The molecule has 6 nitrogen and oxygen atoms in total. The molecular formula is C13H14N2O4. The van der Waals surface area contributed by atoms with Crippen molar-refractivity contribution in [1.82, 2.24) is 4.90 Å². The Hall–Kier alpha value is -2.24. The second kappa shape index (κ2) is 4.15. The van der Waals surface area contributed by atoms with Gasteiger partial charge in [0.25, 0.3) is 0 Å². The topological polar surface area (TPSA) is 78.9 Å².